The third-order valence-corrected chi connectivity index (χ3v) is 2.10. The van der Waals surface area contributed by atoms with E-state index in [2.05, 4.69) is 0 Å². The molecule has 3 nitrogen and oxygen atoms in total. The summed E-state index contributed by atoms with van der Waals surface area (Å²) in [6.45, 7) is 3.98. The molecule has 0 spiro atoms. The zero-order chi connectivity index (χ0) is 10.8. The van der Waals surface area contributed by atoms with E-state index >= 15 is 0 Å². The van der Waals surface area contributed by atoms with Gasteiger partial charge in [-0.1, -0.05) is 0 Å². The lowest BCUT2D eigenvalue weighted by Gasteiger charge is -2.12. The third kappa shape index (κ3) is 3.05. The second-order valence-electron chi connectivity index (χ2n) is 4.22. The number of ether oxygens (including phenoxy) is 2. The zero-order valence-corrected chi connectivity index (χ0v) is 9.19. The van der Waals surface area contributed by atoms with Gasteiger partial charge in [0, 0.05) is 23.9 Å². The predicted octanol–water partition coefficient (Wildman–Crippen LogP) is 2.60. The Labute approximate surface area is 90.2 Å². The minimum Gasteiger partial charge on any atom is -0.491 e. The van der Waals surface area contributed by atoms with E-state index in [1.165, 1.54) is 0 Å². The molecule has 15 heavy (non-hydrogen) atoms. The molecule has 1 aromatic carbocycles. The molecule has 82 valence electrons. The Morgan fingerprint density at radius 2 is 1.87 bits per heavy atom. The third-order valence-electron chi connectivity index (χ3n) is 2.10. The van der Waals surface area contributed by atoms with Gasteiger partial charge in [-0.05, 0) is 26.7 Å². The number of nitrogens with two attached hydrogens (primary N) is 1. The lowest BCUT2D eigenvalue weighted by Crippen LogP contribution is -2.06. The molecule has 0 aliphatic heterocycles. The van der Waals surface area contributed by atoms with Crippen LogP contribution < -0.4 is 15.2 Å². The topological polar surface area (TPSA) is 44.5 Å². The molecule has 0 amide bonds. The Bertz CT molecular complexity index is 323. The Hall–Kier alpha value is -1.38. The molecule has 2 N–H and O–H groups in total. The molecule has 0 saturated heterocycles. The van der Waals surface area contributed by atoms with Crippen LogP contribution in [0.4, 0.5) is 5.69 Å². The van der Waals surface area contributed by atoms with Crippen molar-refractivity contribution >= 4 is 5.69 Å². The molecule has 0 atom stereocenters. The van der Waals surface area contributed by atoms with Crippen LogP contribution in [0.3, 0.4) is 0 Å². The van der Waals surface area contributed by atoms with Crippen LogP contribution in [0.1, 0.15) is 26.7 Å². The van der Waals surface area contributed by atoms with E-state index in [4.69, 9.17) is 15.2 Å². The van der Waals surface area contributed by atoms with E-state index in [1.54, 1.807) is 0 Å². The summed E-state index contributed by atoms with van der Waals surface area (Å²) in [6.07, 6.45) is 2.84. The van der Waals surface area contributed by atoms with Gasteiger partial charge >= 0.3 is 0 Å². The average molecular weight is 207 g/mol. The second-order valence-corrected chi connectivity index (χ2v) is 4.22. The number of anilines is 1. The SMILES string of the molecule is CC(C)Oc1cc(N)cc(OC2CC2)c1. The van der Waals surface area contributed by atoms with Crippen molar-refractivity contribution in [1.29, 1.82) is 0 Å². The molecule has 1 aliphatic carbocycles. The lowest BCUT2D eigenvalue weighted by molar-refractivity contribution is 0.239. The van der Waals surface area contributed by atoms with Crippen molar-refractivity contribution in [2.24, 2.45) is 0 Å². The van der Waals surface area contributed by atoms with E-state index in [0.717, 1.165) is 24.3 Å². The molecule has 0 bridgehead atoms. The first-order chi connectivity index (χ1) is 7.13. The van der Waals surface area contributed by atoms with Crippen molar-refractivity contribution in [1.82, 2.24) is 0 Å². The van der Waals surface area contributed by atoms with Crippen molar-refractivity contribution in [3.05, 3.63) is 18.2 Å². The van der Waals surface area contributed by atoms with E-state index in [1.807, 2.05) is 32.0 Å². The smallest absolute Gasteiger partial charge is 0.125 e. The van der Waals surface area contributed by atoms with E-state index in [9.17, 15) is 0 Å². The molecular formula is C12H17NO2. The van der Waals surface area contributed by atoms with Crippen LogP contribution in [0.5, 0.6) is 11.5 Å². The highest BCUT2D eigenvalue weighted by Crippen LogP contribution is 2.31. The van der Waals surface area contributed by atoms with Gasteiger partial charge in [0.1, 0.15) is 11.5 Å². The number of hydrogen-bond donors (Lipinski definition) is 1. The molecule has 0 heterocycles. The number of hydrogen-bond acceptors (Lipinski definition) is 3. The summed E-state index contributed by atoms with van der Waals surface area (Å²) >= 11 is 0. The number of nitrogen functional groups attached to an aromatic ring is 1. The summed E-state index contributed by atoms with van der Waals surface area (Å²) < 4.78 is 11.2. The molecule has 0 aromatic heterocycles. The van der Waals surface area contributed by atoms with E-state index < -0.39 is 0 Å². The maximum Gasteiger partial charge on any atom is 0.125 e. The molecule has 2 rings (SSSR count). The minimum absolute atomic E-state index is 0.153. The second kappa shape index (κ2) is 4.01. The maximum atomic E-state index is 5.77. The summed E-state index contributed by atoms with van der Waals surface area (Å²) in [4.78, 5) is 0. The molecule has 0 radical (unpaired) electrons. The summed E-state index contributed by atoms with van der Waals surface area (Å²) in [5, 5.41) is 0. The number of benzene rings is 1. The minimum atomic E-state index is 0.153. The largest absolute Gasteiger partial charge is 0.491 e. The van der Waals surface area contributed by atoms with Crippen molar-refractivity contribution in [2.75, 3.05) is 5.73 Å². The molecule has 0 unspecified atom stereocenters. The first kappa shape index (κ1) is 10.1. The highest BCUT2D eigenvalue weighted by atomic mass is 16.5. The molecule has 1 saturated carbocycles. The van der Waals surface area contributed by atoms with Crippen molar-refractivity contribution < 1.29 is 9.47 Å². The van der Waals surface area contributed by atoms with Crippen LogP contribution in [-0.4, -0.2) is 12.2 Å². The summed E-state index contributed by atoms with van der Waals surface area (Å²) in [5.74, 6) is 1.59. The number of rotatable bonds is 4. The van der Waals surface area contributed by atoms with Crippen LogP contribution in [0.2, 0.25) is 0 Å². The van der Waals surface area contributed by atoms with Crippen molar-refractivity contribution in [3.8, 4) is 11.5 Å². The van der Waals surface area contributed by atoms with E-state index in [0.29, 0.717) is 11.8 Å². The predicted molar refractivity (Wildman–Crippen MR) is 60.3 cm³/mol. The van der Waals surface area contributed by atoms with Gasteiger partial charge in [0.05, 0.1) is 12.2 Å². The standard InChI is InChI=1S/C12H17NO2/c1-8(2)14-11-5-9(13)6-12(7-11)15-10-3-4-10/h5-8,10H,3-4,13H2,1-2H3. The van der Waals surface area contributed by atoms with Gasteiger partial charge in [-0.15, -0.1) is 0 Å². The van der Waals surface area contributed by atoms with Gasteiger partial charge in [-0.2, -0.15) is 0 Å². The summed E-state index contributed by atoms with van der Waals surface area (Å²) in [5.41, 5.74) is 6.46. The normalized spacial score (nSPS) is 15.4. The van der Waals surface area contributed by atoms with Crippen LogP contribution in [-0.2, 0) is 0 Å². The van der Waals surface area contributed by atoms with Crippen LogP contribution in [0, 0.1) is 0 Å². The Morgan fingerprint density at radius 3 is 2.47 bits per heavy atom. The van der Waals surface area contributed by atoms with Gasteiger partial charge < -0.3 is 15.2 Å². The monoisotopic (exact) mass is 207 g/mol. The van der Waals surface area contributed by atoms with Crippen LogP contribution in [0.15, 0.2) is 18.2 Å². The van der Waals surface area contributed by atoms with Gasteiger partial charge in [-0.25, -0.2) is 0 Å². The molecule has 1 aliphatic rings. The first-order valence-electron chi connectivity index (χ1n) is 5.37. The Kier molecular flexibility index (Phi) is 2.71. The zero-order valence-electron chi connectivity index (χ0n) is 9.19. The average Bonchev–Trinajstić information content (AvgIpc) is 2.85. The molecule has 1 fully saturated rings. The fourth-order valence-corrected chi connectivity index (χ4v) is 1.38. The van der Waals surface area contributed by atoms with Crippen molar-refractivity contribution in [2.45, 2.75) is 38.9 Å². The lowest BCUT2D eigenvalue weighted by atomic mass is 10.3. The molecule has 1 aromatic rings. The quantitative estimate of drug-likeness (QED) is 0.772. The Morgan fingerprint density at radius 1 is 1.20 bits per heavy atom. The van der Waals surface area contributed by atoms with Gasteiger partial charge in [-0.3, -0.25) is 0 Å². The van der Waals surface area contributed by atoms with Crippen molar-refractivity contribution in [3.63, 3.8) is 0 Å². The van der Waals surface area contributed by atoms with Gasteiger partial charge in [0.25, 0.3) is 0 Å². The fourth-order valence-electron chi connectivity index (χ4n) is 1.38. The summed E-state index contributed by atoms with van der Waals surface area (Å²) in [7, 11) is 0. The van der Waals surface area contributed by atoms with Gasteiger partial charge in [0.2, 0.25) is 0 Å². The highest BCUT2D eigenvalue weighted by Gasteiger charge is 2.23. The van der Waals surface area contributed by atoms with Crippen LogP contribution in [0.25, 0.3) is 0 Å². The molecular weight excluding hydrogens is 190 g/mol. The highest BCUT2D eigenvalue weighted by molar-refractivity contribution is 5.50. The molecule has 3 heteroatoms. The fraction of sp³-hybridized carbons (Fsp3) is 0.500. The van der Waals surface area contributed by atoms with E-state index in [-0.39, 0.29) is 6.10 Å². The maximum absolute atomic E-state index is 5.77. The van der Waals surface area contributed by atoms with Gasteiger partial charge in [0.15, 0.2) is 0 Å². The summed E-state index contributed by atoms with van der Waals surface area (Å²) in [6, 6.07) is 5.56. The first-order valence-corrected chi connectivity index (χ1v) is 5.37. The Balaban J connectivity index is 2.11. The van der Waals surface area contributed by atoms with Crippen LogP contribution >= 0.6 is 0 Å².